The number of nitrogens with zero attached hydrogens (tertiary/aromatic N) is 2. The second kappa shape index (κ2) is 7.36. The average Bonchev–Trinajstić information content (AvgIpc) is 3.05. The maximum absolute atomic E-state index is 11.8. The lowest BCUT2D eigenvalue weighted by Gasteiger charge is -2.08. The Kier molecular flexibility index (Phi) is 5.01. The minimum Gasteiger partial charge on any atom is -0.348 e. The van der Waals surface area contributed by atoms with Crippen LogP contribution in [0.15, 0.2) is 65.8 Å². The molecule has 1 N–H and O–H groups in total. The van der Waals surface area contributed by atoms with Gasteiger partial charge in [-0.15, -0.1) is 0 Å². The van der Waals surface area contributed by atoms with Crippen molar-refractivity contribution in [3.05, 3.63) is 60.7 Å². The van der Waals surface area contributed by atoms with Gasteiger partial charge in [0.1, 0.15) is 0 Å². The summed E-state index contributed by atoms with van der Waals surface area (Å²) in [4.78, 5) is 21.5. The van der Waals surface area contributed by atoms with Crippen molar-refractivity contribution in [3.8, 4) is 22.5 Å². The molecule has 3 aromatic rings. The molecular weight excluding hydrogens is 318 g/mol. The van der Waals surface area contributed by atoms with E-state index in [9.17, 15) is 4.79 Å². The van der Waals surface area contributed by atoms with Gasteiger partial charge in [-0.3, -0.25) is 4.79 Å². The van der Waals surface area contributed by atoms with Gasteiger partial charge >= 0.3 is 0 Å². The van der Waals surface area contributed by atoms with Crippen LogP contribution in [0.2, 0.25) is 0 Å². The number of benzene rings is 2. The van der Waals surface area contributed by atoms with Crippen LogP contribution in [0.1, 0.15) is 0 Å². The van der Waals surface area contributed by atoms with Crippen molar-refractivity contribution < 1.29 is 4.79 Å². The molecule has 0 aliphatic heterocycles. The zero-order chi connectivity index (χ0) is 16.9. The third-order valence-corrected chi connectivity index (χ3v) is 4.48. The lowest BCUT2D eigenvalue weighted by molar-refractivity contribution is -0.125. The zero-order valence-corrected chi connectivity index (χ0v) is 14.5. The minimum atomic E-state index is 0.0684. The van der Waals surface area contributed by atoms with E-state index in [0.717, 1.165) is 27.7 Å². The third kappa shape index (κ3) is 3.68. The van der Waals surface area contributed by atoms with Crippen molar-refractivity contribution in [1.29, 1.82) is 0 Å². The Bertz CT molecular complexity index is 756. The topological polar surface area (TPSA) is 49.0 Å². The fourth-order valence-corrected chi connectivity index (χ4v) is 3.15. The van der Waals surface area contributed by atoms with E-state index in [2.05, 4.69) is 17.1 Å². The molecule has 4 nitrogen and oxygen atoms in total. The molecule has 122 valence electrons. The Morgan fingerprint density at radius 2 is 1.58 bits per heavy atom. The molecule has 0 aliphatic carbocycles. The standard InChI is InChI=1S/C19H19N3OS/c1-22(2)16(23)13-24-19-20-17(14-9-5-3-6-10-14)18(21-19)15-11-7-4-8-12-15/h3-12H,13H2,1-2H3,(H,20,21). The minimum absolute atomic E-state index is 0.0684. The molecule has 0 saturated heterocycles. The highest BCUT2D eigenvalue weighted by molar-refractivity contribution is 7.99. The highest BCUT2D eigenvalue weighted by atomic mass is 32.2. The van der Waals surface area contributed by atoms with Crippen LogP contribution in [0.5, 0.6) is 0 Å². The molecule has 1 heterocycles. The Morgan fingerprint density at radius 1 is 1.00 bits per heavy atom. The number of hydrogen-bond donors (Lipinski definition) is 1. The van der Waals surface area contributed by atoms with Crippen LogP contribution < -0.4 is 0 Å². The molecule has 0 unspecified atom stereocenters. The third-order valence-electron chi connectivity index (χ3n) is 3.62. The lowest BCUT2D eigenvalue weighted by atomic mass is 10.1. The molecule has 0 atom stereocenters. The lowest BCUT2D eigenvalue weighted by Crippen LogP contribution is -2.23. The monoisotopic (exact) mass is 337 g/mol. The predicted octanol–water partition coefficient (Wildman–Crippen LogP) is 3.92. The summed E-state index contributed by atoms with van der Waals surface area (Å²) < 4.78 is 0. The van der Waals surface area contributed by atoms with Gasteiger partial charge in [0.25, 0.3) is 0 Å². The average molecular weight is 337 g/mol. The molecule has 2 aromatic carbocycles. The molecule has 24 heavy (non-hydrogen) atoms. The smallest absolute Gasteiger partial charge is 0.232 e. The van der Waals surface area contributed by atoms with Gasteiger partial charge in [0.05, 0.1) is 17.1 Å². The molecule has 0 bridgehead atoms. The largest absolute Gasteiger partial charge is 0.348 e. The molecule has 1 aromatic heterocycles. The van der Waals surface area contributed by atoms with Crippen molar-refractivity contribution in [2.24, 2.45) is 0 Å². The number of amides is 1. The molecule has 3 rings (SSSR count). The van der Waals surface area contributed by atoms with E-state index >= 15 is 0 Å². The molecule has 0 aliphatic rings. The number of rotatable bonds is 5. The SMILES string of the molecule is CN(C)C(=O)CSc1nc(-c2ccccc2)c(-c2ccccc2)[nH]1. The summed E-state index contributed by atoms with van der Waals surface area (Å²) >= 11 is 1.42. The molecule has 0 radical (unpaired) electrons. The van der Waals surface area contributed by atoms with E-state index in [1.54, 1.807) is 19.0 Å². The number of carbonyl (C=O) groups is 1. The van der Waals surface area contributed by atoms with Gasteiger partial charge in [0.15, 0.2) is 5.16 Å². The number of H-pyrrole nitrogens is 1. The fraction of sp³-hybridized carbons (Fsp3) is 0.158. The zero-order valence-electron chi connectivity index (χ0n) is 13.7. The van der Waals surface area contributed by atoms with Crippen LogP contribution in [0.3, 0.4) is 0 Å². The molecule has 0 saturated carbocycles. The summed E-state index contributed by atoms with van der Waals surface area (Å²) in [6.07, 6.45) is 0. The summed E-state index contributed by atoms with van der Waals surface area (Å²) in [5, 5.41) is 0.753. The van der Waals surface area contributed by atoms with E-state index in [-0.39, 0.29) is 5.91 Å². The predicted molar refractivity (Wildman–Crippen MR) is 98.9 cm³/mol. The summed E-state index contributed by atoms with van der Waals surface area (Å²) in [7, 11) is 3.52. The van der Waals surface area contributed by atoms with Crippen LogP contribution in [-0.4, -0.2) is 40.6 Å². The van der Waals surface area contributed by atoms with Gasteiger partial charge in [-0.05, 0) is 0 Å². The van der Waals surface area contributed by atoms with Gasteiger partial charge in [-0.25, -0.2) is 4.98 Å². The maximum Gasteiger partial charge on any atom is 0.232 e. The molecule has 0 spiro atoms. The number of carbonyl (C=O) groups excluding carboxylic acids is 1. The first-order valence-electron chi connectivity index (χ1n) is 7.69. The summed E-state index contributed by atoms with van der Waals surface area (Å²) in [5.74, 6) is 0.433. The number of thioether (sulfide) groups is 1. The van der Waals surface area contributed by atoms with Gasteiger partial charge < -0.3 is 9.88 Å². The first kappa shape index (κ1) is 16.3. The van der Waals surface area contributed by atoms with Crippen molar-refractivity contribution in [3.63, 3.8) is 0 Å². The van der Waals surface area contributed by atoms with Gasteiger partial charge in [0, 0.05) is 25.2 Å². The Labute approximate surface area is 145 Å². The van der Waals surface area contributed by atoms with Crippen LogP contribution in [0.25, 0.3) is 22.5 Å². The van der Waals surface area contributed by atoms with Crippen molar-refractivity contribution >= 4 is 17.7 Å². The van der Waals surface area contributed by atoms with Crippen molar-refractivity contribution in [2.45, 2.75) is 5.16 Å². The number of imidazole rings is 1. The number of hydrogen-bond acceptors (Lipinski definition) is 3. The maximum atomic E-state index is 11.8. The summed E-state index contributed by atoms with van der Waals surface area (Å²) in [5.41, 5.74) is 4.01. The second-order valence-electron chi connectivity index (χ2n) is 5.57. The Morgan fingerprint density at radius 3 is 2.17 bits per heavy atom. The highest BCUT2D eigenvalue weighted by Gasteiger charge is 2.15. The Hall–Kier alpha value is -2.53. The molecule has 0 fully saturated rings. The second-order valence-corrected chi connectivity index (χ2v) is 6.54. The number of aromatic amines is 1. The number of nitrogens with one attached hydrogen (secondary N) is 1. The quantitative estimate of drug-likeness (QED) is 0.718. The van der Waals surface area contributed by atoms with Crippen LogP contribution in [-0.2, 0) is 4.79 Å². The highest BCUT2D eigenvalue weighted by Crippen LogP contribution is 2.32. The van der Waals surface area contributed by atoms with E-state index in [1.165, 1.54) is 11.8 Å². The first-order valence-corrected chi connectivity index (χ1v) is 8.67. The van der Waals surface area contributed by atoms with Crippen molar-refractivity contribution in [1.82, 2.24) is 14.9 Å². The van der Waals surface area contributed by atoms with Gasteiger partial charge in [-0.2, -0.15) is 0 Å². The van der Waals surface area contributed by atoms with E-state index in [4.69, 9.17) is 4.98 Å². The van der Waals surface area contributed by atoms with Gasteiger partial charge in [-0.1, -0.05) is 72.4 Å². The fourth-order valence-electron chi connectivity index (χ4n) is 2.30. The molecule has 5 heteroatoms. The van der Waals surface area contributed by atoms with Crippen LogP contribution >= 0.6 is 11.8 Å². The summed E-state index contributed by atoms with van der Waals surface area (Å²) in [6, 6.07) is 20.2. The van der Waals surface area contributed by atoms with E-state index in [1.807, 2.05) is 48.5 Å². The molecule has 1 amide bonds. The first-order chi connectivity index (χ1) is 11.6. The van der Waals surface area contributed by atoms with Crippen LogP contribution in [0.4, 0.5) is 0 Å². The Balaban J connectivity index is 1.96. The number of aromatic nitrogens is 2. The van der Waals surface area contributed by atoms with E-state index in [0.29, 0.717) is 5.75 Å². The van der Waals surface area contributed by atoms with Gasteiger partial charge in [0.2, 0.25) is 5.91 Å². The summed E-state index contributed by atoms with van der Waals surface area (Å²) in [6.45, 7) is 0. The van der Waals surface area contributed by atoms with Crippen LogP contribution in [0, 0.1) is 0 Å². The van der Waals surface area contributed by atoms with Crippen molar-refractivity contribution in [2.75, 3.05) is 19.8 Å². The normalized spacial score (nSPS) is 10.6. The molecular formula is C19H19N3OS. The van der Waals surface area contributed by atoms with E-state index < -0.39 is 0 Å².